The Balaban J connectivity index is 1.70. The van der Waals surface area contributed by atoms with Crippen molar-refractivity contribution >= 4 is 22.1 Å². The molecule has 3 aromatic carbocycles. The largest absolute Gasteiger partial charge is 0.274 e. The van der Waals surface area contributed by atoms with E-state index in [1.54, 1.807) is 12.1 Å². The monoisotopic (exact) mass is 332 g/mol. The zero-order valence-corrected chi connectivity index (χ0v) is 13.5. The maximum atomic E-state index is 11.5. The van der Waals surface area contributed by atoms with Gasteiger partial charge in [-0.1, -0.05) is 48.5 Å². The van der Waals surface area contributed by atoms with E-state index in [0.29, 0.717) is 0 Å². The van der Waals surface area contributed by atoms with Crippen LogP contribution in [-0.2, 0) is 11.3 Å². The Kier molecular flexibility index (Phi) is 3.05. The van der Waals surface area contributed by atoms with E-state index >= 15 is 0 Å². The lowest BCUT2D eigenvalue weighted by Gasteiger charge is -2.31. The maximum Gasteiger partial charge on any atom is 0.274 e. The molecule has 5 heteroatoms. The molecule has 1 saturated heterocycles. The lowest BCUT2D eigenvalue weighted by atomic mass is 9.98. The standard InChI is InChI=1S/C20H16N2O3/c23-22(24)18-8-4-3-7-17(18)19-12-15-11-14-10-9-13-5-1-2-6-16(13)20(14)21(19)25-15/h1-10,15,19H,11-12H2/t15-,19-/m0/s1. The third kappa shape index (κ3) is 2.13. The third-order valence-electron chi connectivity index (χ3n) is 5.18. The van der Waals surface area contributed by atoms with Crippen molar-refractivity contribution in [1.82, 2.24) is 0 Å². The van der Waals surface area contributed by atoms with Crippen LogP contribution < -0.4 is 5.06 Å². The second-order valence-corrected chi connectivity index (χ2v) is 6.62. The fourth-order valence-electron chi connectivity index (χ4n) is 4.11. The molecule has 0 N–H and O–H groups in total. The van der Waals surface area contributed by atoms with Gasteiger partial charge in [-0.25, -0.2) is 5.06 Å². The van der Waals surface area contributed by atoms with Crippen LogP contribution in [0.5, 0.6) is 0 Å². The first-order valence-corrected chi connectivity index (χ1v) is 8.42. The van der Waals surface area contributed by atoms with Gasteiger partial charge in [0.25, 0.3) is 5.69 Å². The average Bonchev–Trinajstić information content (AvgIpc) is 2.98. The van der Waals surface area contributed by atoms with Crippen molar-refractivity contribution in [3.8, 4) is 0 Å². The quantitative estimate of drug-likeness (QED) is 0.510. The molecule has 1 fully saturated rings. The van der Waals surface area contributed by atoms with Gasteiger partial charge >= 0.3 is 0 Å². The highest BCUT2D eigenvalue weighted by Gasteiger charge is 2.42. The minimum Gasteiger partial charge on any atom is -0.269 e. The van der Waals surface area contributed by atoms with E-state index in [1.165, 1.54) is 5.56 Å². The first kappa shape index (κ1) is 14.4. The van der Waals surface area contributed by atoms with Gasteiger partial charge in [-0.15, -0.1) is 0 Å². The average molecular weight is 332 g/mol. The van der Waals surface area contributed by atoms with Gasteiger partial charge in [-0.3, -0.25) is 15.0 Å². The molecule has 0 spiro atoms. The van der Waals surface area contributed by atoms with E-state index in [9.17, 15) is 10.1 Å². The first-order valence-electron chi connectivity index (χ1n) is 8.42. The molecule has 5 nitrogen and oxygen atoms in total. The van der Waals surface area contributed by atoms with Gasteiger partial charge in [0.2, 0.25) is 0 Å². The van der Waals surface area contributed by atoms with Crippen molar-refractivity contribution in [2.75, 3.05) is 5.06 Å². The summed E-state index contributed by atoms with van der Waals surface area (Å²) in [6.45, 7) is 0. The number of hydrogen-bond acceptors (Lipinski definition) is 4. The number of nitro groups is 1. The summed E-state index contributed by atoms with van der Waals surface area (Å²) in [5.74, 6) is 0. The van der Waals surface area contributed by atoms with Gasteiger partial charge in [0, 0.05) is 24.3 Å². The van der Waals surface area contributed by atoms with Crippen molar-refractivity contribution < 1.29 is 9.76 Å². The summed E-state index contributed by atoms with van der Waals surface area (Å²) in [7, 11) is 0. The minimum absolute atomic E-state index is 0.0680. The molecular formula is C20H16N2O3. The highest BCUT2D eigenvalue weighted by molar-refractivity contribution is 5.96. The number of hydrogen-bond donors (Lipinski definition) is 0. The summed E-state index contributed by atoms with van der Waals surface area (Å²) >= 11 is 0. The van der Waals surface area contributed by atoms with Crippen LogP contribution in [0.15, 0.2) is 60.7 Å². The number of anilines is 1. The molecule has 2 heterocycles. The van der Waals surface area contributed by atoms with Crippen molar-refractivity contribution in [3.63, 3.8) is 0 Å². The van der Waals surface area contributed by atoms with E-state index in [2.05, 4.69) is 24.3 Å². The molecule has 0 amide bonds. The van der Waals surface area contributed by atoms with E-state index in [0.717, 1.165) is 34.9 Å². The lowest BCUT2D eigenvalue weighted by molar-refractivity contribution is -0.385. The Bertz CT molecular complexity index is 1000. The van der Waals surface area contributed by atoms with E-state index < -0.39 is 0 Å². The summed E-state index contributed by atoms with van der Waals surface area (Å²) in [5.41, 5.74) is 3.17. The number of hydroxylamine groups is 1. The van der Waals surface area contributed by atoms with Gasteiger partial charge in [-0.2, -0.15) is 0 Å². The number of rotatable bonds is 2. The Morgan fingerprint density at radius 1 is 1.04 bits per heavy atom. The first-order chi connectivity index (χ1) is 12.2. The van der Waals surface area contributed by atoms with Crippen LogP contribution in [0.2, 0.25) is 0 Å². The van der Waals surface area contributed by atoms with Crippen LogP contribution in [0.25, 0.3) is 10.8 Å². The van der Waals surface area contributed by atoms with Crippen molar-refractivity contribution in [2.45, 2.75) is 25.0 Å². The van der Waals surface area contributed by atoms with Gasteiger partial charge in [0.1, 0.15) is 0 Å². The van der Waals surface area contributed by atoms with Crippen LogP contribution >= 0.6 is 0 Å². The van der Waals surface area contributed by atoms with Crippen LogP contribution in [0.1, 0.15) is 23.6 Å². The van der Waals surface area contributed by atoms with Crippen LogP contribution in [0.3, 0.4) is 0 Å². The molecule has 0 aromatic heterocycles. The fraction of sp³-hybridized carbons (Fsp3) is 0.200. The van der Waals surface area contributed by atoms with Crippen molar-refractivity contribution in [2.24, 2.45) is 0 Å². The molecule has 2 aliphatic heterocycles. The summed E-state index contributed by atoms with van der Waals surface area (Å²) in [5, 5.41) is 15.7. The molecule has 0 unspecified atom stereocenters. The second-order valence-electron chi connectivity index (χ2n) is 6.62. The molecule has 2 aliphatic rings. The number of fused-ring (bicyclic) bond motifs is 6. The van der Waals surface area contributed by atoms with Gasteiger partial charge in [-0.05, 0) is 17.0 Å². The Hall–Kier alpha value is -2.92. The SMILES string of the molecule is O=[N+]([O-])c1ccccc1[C@@H]1C[C@@H]2Cc3ccc4ccccc4c3N1O2. The summed E-state index contributed by atoms with van der Waals surface area (Å²) in [6, 6.07) is 19.3. The number of nitro benzene ring substituents is 1. The predicted octanol–water partition coefficient (Wildman–Crippen LogP) is 4.56. The normalized spacial score (nSPS) is 21.4. The number of benzene rings is 3. The molecule has 5 rings (SSSR count). The van der Waals surface area contributed by atoms with Crippen LogP contribution in [0, 0.1) is 10.1 Å². The molecular weight excluding hydrogens is 316 g/mol. The molecule has 0 saturated carbocycles. The molecule has 0 radical (unpaired) electrons. The Morgan fingerprint density at radius 2 is 1.84 bits per heavy atom. The molecule has 0 aliphatic carbocycles. The maximum absolute atomic E-state index is 11.5. The lowest BCUT2D eigenvalue weighted by Crippen LogP contribution is -2.28. The van der Waals surface area contributed by atoms with Crippen molar-refractivity contribution in [3.05, 3.63) is 81.9 Å². The fourth-order valence-corrected chi connectivity index (χ4v) is 4.11. The Morgan fingerprint density at radius 3 is 2.72 bits per heavy atom. The number of para-hydroxylation sites is 1. The highest BCUT2D eigenvalue weighted by atomic mass is 16.7. The van der Waals surface area contributed by atoms with Crippen LogP contribution in [0.4, 0.5) is 11.4 Å². The number of nitrogens with zero attached hydrogens (tertiary/aromatic N) is 2. The smallest absolute Gasteiger partial charge is 0.269 e. The van der Waals surface area contributed by atoms with E-state index in [-0.39, 0.29) is 22.8 Å². The van der Waals surface area contributed by atoms with Crippen molar-refractivity contribution in [1.29, 1.82) is 0 Å². The minimum atomic E-state index is -0.303. The summed E-state index contributed by atoms with van der Waals surface area (Å²) in [4.78, 5) is 17.3. The molecule has 25 heavy (non-hydrogen) atoms. The zero-order chi connectivity index (χ0) is 17.0. The van der Waals surface area contributed by atoms with E-state index in [4.69, 9.17) is 4.84 Å². The van der Waals surface area contributed by atoms with E-state index in [1.807, 2.05) is 29.3 Å². The zero-order valence-electron chi connectivity index (χ0n) is 13.5. The summed E-state index contributed by atoms with van der Waals surface area (Å²) in [6.07, 6.45) is 1.67. The third-order valence-corrected chi connectivity index (χ3v) is 5.18. The Labute approximate surface area is 144 Å². The molecule has 2 atom stereocenters. The molecule has 3 aromatic rings. The van der Waals surface area contributed by atoms with Crippen LogP contribution in [-0.4, -0.2) is 11.0 Å². The molecule has 2 bridgehead atoms. The van der Waals surface area contributed by atoms with Gasteiger partial charge in [0.05, 0.1) is 28.3 Å². The summed E-state index contributed by atoms with van der Waals surface area (Å²) < 4.78 is 0. The van der Waals surface area contributed by atoms with Gasteiger partial charge < -0.3 is 0 Å². The van der Waals surface area contributed by atoms with Gasteiger partial charge in [0.15, 0.2) is 0 Å². The predicted molar refractivity (Wildman–Crippen MR) is 95.5 cm³/mol. The molecule has 124 valence electrons. The highest BCUT2D eigenvalue weighted by Crippen LogP contribution is 2.49. The topological polar surface area (TPSA) is 55.6 Å². The second kappa shape index (κ2) is 5.29.